The fourth-order valence-electron chi connectivity index (χ4n) is 3.93. The van der Waals surface area contributed by atoms with Gasteiger partial charge < -0.3 is 40.5 Å². The fraction of sp³-hybridized carbons (Fsp3) is 0.500. The number of hydrogen-bond acceptors (Lipinski definition) is 13. The van der Waals surface area contributed by atoms with Crippen LogP contribution in [0.3, 0.4) is 0 Å². The SMILES string of the molecule is CC1C(N(C)c2ncnc3[nH]ccc23)C(N)(N)N(C(=O)C(O)(O)C#N)C(O)(O)C1(O)O. The van der Waals surface area contributed by atoms with Gasteiger partial charge in [0.05, 0.1) is 11.4 Å². The molecule has 0 spiro atoms. The van der Waals surface area contributed by atoms with Crippen LogP contribution in [0.5, 0.6) is 0 Å². The molecule has 1 fully saturated rings. The third-order valence-corrected chi connectivity index (χ3v) is 5.52. The Morgan fingerprint density at radius 1 is 1.32 bits per heavy atom. The normalized spacial score (nSPS) is 24.6. The number of nitrogens with zero attached hydrogens (tertiary/aromatic N) is 5. The second kappa shape index (κ2) is 6.78. The molecule has 0 radical (unpaired) electrons. The molecule has 1 aliphatic heterocycles. The van der Waals surface area contributed by atoms with Gasteiger partial charge >= 0.3 is 17.6 Å². The monoisotopic (exact) mass is 438 g/mol. The summed E-state index contributed by atoms with van der Waals surface area (Å²) in [6, 6.07) is 0.907. The van der Waals surface area contributed by atoms with Gasteiger partial charge in [0.1, 0.15) is 23.9 Å². The molecule has 15 heteroatoms. The molecule has 31 heavy (non-hydrogen) atoms. The van der Waals surface area contributed by atoms with Crippen molar-refractivity contribution in [2.45, 2.75) is 36.2 Å². The summed E-state index contributed by atoms with van der Waals surface area (Å²) in [7, 11) is 1.38. The lowest BCUT2D eigenvalue weighted by atomic mass is 9.78. The highest BCUT2D eigenvalue weighted by atomic mass is 16.6. The van der Waals surface area contributed by atoms with Crippen LogP contribution < -0.4 is 16.4 Å². The van der Waals surface area contributed by atoms with Gasteiger partial charge in [-0.1, -0.05) is 6.92 Å². The first-order valence-corrected chi connectivity index (χ1v) is 8.81. The molecule has 3 heterocycles. The summed E-state index contributed by atoms with van der Waals surface area (Å²) < 4.78 is 0. The number of aromatic amines is 1. The van der Waals surface area contributed by atoms with Gasteiger partial charge in [-0.2, -0.15) is 5.26 Å². The minimum absolute atomic E-state index is 0.162. The van der Waals surface area contributed by atoms with Crippen molar-refractivity contribution in [2.24, 2.45) is 17.4 Å². The van der Waals surface area contributed by atoms with Gasteiger partial charge in [-0.25, -0.2) is 14.9 Å². The van der Waals surface area contributed by atoms with Crippen molar-refractivity contribution in [1.82, 2.24) is 19.9 Å². The standard InChI is InChI=1S/C16H22N8O7/c1-7-9(23(2)11-8-3-4-20-10(8)21-6-22-11)15(18,19)24(12(25)13(26,27)5-17)16(30,31)14(7,28)29/h3-4,6-7,9,26-31H,18-19H2,1-2H3,(H,20,21,22). The highest BCUT2D eigenvalue weighted by Crippen LogP contribution is 2.44. The van der Waals surface area contributed by atoms with E-state index in [1.807, 2.05) is 0 Å². The fourth-order valence-corrected chi connectivity index (χ4v) is 3.93. The van der Waals surface area contributed by atoms with Crippen LogP contribution in [0.25, 0.3) is 11.0 Å². The first-order chi connectivity index (χ1) is 14.1. The number of carbonyl (C=O) groups is 1. The van der Waals surface area contributed by atoms with E-state index in [1.54, 1.807) is 12.3 Å². The molecular formula is C16H22N8O7. The number of aliphatic hydroxyl groups is 6. The van der Waals surface area contributed by atoms with Crippen molar-refractivity contribution < 1.29 is 35.4 Å². The van der Waals surface area contributed by atoms with Crippen LogP contribution >= 0.6 is 0 Å². The largest absolute Gasteiger partial charge is 0.360 e. The Morgan fingerprint density at radius 3 is 2.52 bits per heavy atom. The third-order valence-electron chi connectivity index (χ3n) is 5.52. The van der Waals surface area contributed by atoms with E-state index in [9.17, 15) is 35.4 Å². The van der Waals surface area contributed by atoms with Gasteiger partial charge in [0, 0.05) is 19.2 Å². The number of aromatic nitrogens is 3. The Bertz CT molecular complexity index is 1060. The quantitative estimate of drug-likeness (QED) is 0.161. The van der Waals surface area contributed by atoms with E-state index in [2.05, 4.69) is 15.0 Å². The molecule has 15 nitrogen and oxygen atoms in total. The number of nitrogens with two attached hydrogens (primary N) is 2. The molecule has 1 amide bonds. The highest BCUT2D eigenvalue weighted by Gasteiger charge is 2.72. The minimum Gasteiger partial charge on any atom is -0.360 e. The number of carbonyl (C=O) groups excluding carboxylic acids is 1. The van der Waals surface area contributed by atoms with Gasteiger partial charge in [0.25, 0.3) is 0 Å². The molecule has 2 unspecified atom stereocenters. The number of nitrogens with one attached hydrogen (secondary N) is 1. The smallest absolute Gasteiger partial charge is 0.336 e. The van der Waals surface area contributed by atoms with Crippen molar-refractivity contribution in [3.05, 3.63) is 18.6 Å². The van der Waals surface area contributed by atoms with E-state index >= 15 is 0 Å². The lowest BCUT2D eigenvalue weighted by Gasteiger charge is -2.61. The van der Waals surface area contributed by atoms with Crippen LogP contribution in [-0.4, -0.2) is 92.8 Å². The molecule has 2 aromatic rings. The maximum atomic E-state index is 12.6. The molecule has 3 rings (SSSR count). The zero-order valence-corrected chi connectivity index (χ0v) is 16.4. The van der Waals surface area contributed by atoms with E-state index in [-0.39, 0.29) is 10.7 Å². The Labute approximate surface area is 174 Å². The molecule has 2 aromatic heterocycles. The number of anilines is 1. The minimum atomic E-state index is -3.92. The summed E-state index contributed by atoms with van der Waals surface area (Å²) in [5, 5.41) is 70.6. The molecule has 0 aromatic carbocycles. The molecule has 2 atom stereocenters. The summed E-state index contributed by atoms with van der Waals surface area (Å²) in [5.41, 5.74) is 12.6. The predicted molar refractivity (Wildman–Crippen MR) is 100 cm³/mol. The molecule has 1 aliphatic rings. The van der Waals surface area contributed by atoms with E-state index in [4.69, 9.17) is 16.7 Å². The number of H-pyrrole nitrogens is 1. The maximum Gasteiger partial charge on any atom is 0.336 e. The van der Waals surface area contributed by atoms with Gasteiger partial charge in [-0.05, 0) is 6.07 Å². The molecular weight excluding hydrogens is 416 g/mol. The van der Waals surface area contributed by atoms with Gasteiger partial charge in [-0.15, -0.1) is 0 Å². The van der Waals surface area contributed by atoms with Crippen molar-refractivity contribution in [1.29, 1.82) is 5.26 Å². The summed E-state index contributed by atoms with van der Waals surface area (Å²) in [6.07, 6.45) is 2.74. The topological polar surface area (TPSA) is 262 Å². The van der Waals surface area contributed by atoms with E-state index in [0.717, 1.165) is 13.0 Å². The van der Waals surface area contributed by atoms with E-state index in [1.165, 1.54) is 18.3 Å². The molecule has 11 N–H and O–H groups in total. The number of rotatable bonds is 3. The van der Waals surface area contributed by atoms with Gasteiger partial charge in [0.15, 0.2) is 5.79 Å². The number of piperidine rings is 1. The van der Waals surface area contributed by atoms with Crippen LogP contribution in [-0.2, 0) is 4.79 Å². The number of fused-ring (bicyclic) bond motifs is 1. The van der Waals surface area contributed by atoms with Gasteiger partial charge in [-0.3, -0.25) is 16.3 Å². The summed E-state index contributed by atoms with van der Waals surface area (Å²) in [5.74, 6) is -17.5. The Morgan fingerprint density at radius 2 is 1.94 bits per heavy atom. The second-order valence-electron chi connectivity index (χ2n) is 7.46. The van der Waals surface area contributed by atoms with Crippen LogP contribution in [0.4, 0.5) is 5.82 Å². The molecule has 0 aliphatic carbocycles. The third kappa shape index (κ3) is 3.02. The van der Waals surface area contributed by atoms with Gasteiger partial charge in [0.2, 0.25) is 5.79 Å². The second-order valence-corrected chi connectivity index (χ2v) is 7.46. The first-order valence-electron chi connectivity index (χ1n) is 8.81. The number of hydrogen-bond donors (Lipinski definition) is 9. The predicted octanol–water partition coefficient (Wildman–Crippen LogP) is -4.66. The average molecular weight is 438 g/mol. The van der Waals surface area contributed by atoms with E-state index < -0.39 is 41.1 Å². The Hall–Kier alpha value is -2.94. The lowest BCUT2D eigenvalue weighted by molar-refractivity contribution is -0.453. The molecule has 0 saturated carbocycles. The van der Waals surface area contributed by atoms with Crippen LogP contribution in [0, 0.1) is 17.2 Å². The lowest BCUT2D eigenvalue weighted by Crippen LogP contribution is -2.91. The molecule has 0 bridgehead atoms. The number of amides is 1. The average Bonchev–Trinajstić information content (AvgIpc) is 3.15. The zero-order chi connectivity index (χ0) is 23.6. The van der Waals surface area contributed by atoms with Crippen molar-refractivity contribution in [3.8, 4) is 6.07 Å². The van der Waals surface area contributed by atoms with Crippen LogP contribution in [0.2, 0.25) is 0 Å². The summed E-state index contributed by atoms with van der Waals surface area (Å²) in [4.78, 5) is 24.5. The van der Waals surface area contributed by atoms with Crippen molar-refractivity contribution in [2.75, 3.05) is 11.9 Å². The summed E-state index contributed by atoms with van der Waals surface area (Å²) >= 11 is 0. The van der Waals surface area contributed by atoms with E-state index in [0.29, 0.717) is 11.0 Å². The Kier molecular flexibility index (Phi) is 4.97. The zero-order valence-electron chi connectivity index (χ0n) is 16.4. The highest BCUT2D eigenvalue weighted by molar-refractivity contribution is 5.89. The molecule has 168 valence electrons. The molecule has 1 saturated heterocycles. The van der Waals surface area contributed by atoms with Crippen molar-refractivity contribution in [3.63, 3.8) is 0 Å². The number of likely N-dealkylation sites (tertiary alicyclic amines) is 1. The van der Waals surface area contributed by atoms with Crippen LogP contribution in [0.1, 0.15) is 6.92 Å². The van der Waals surface area contributed by atoms with Crippen molar-refractivity contribution >= 4 is 22.8 Å². The number of likely N-dealkylation sites (N-methyl/N-ethyl adjacent to an activating group) is 1. The summed E-state index contributed by atoms with van der Waals surface area (Å²) in [6.45, 7) is 1.16. The first kappa shape index (κ1) is 22.7. The number of nitriles is 1. The maximum absolute atomic E-state index is 12.6. The van der Waals surface area contributed by atoms with Crippen LogP contribution in [0.15, 0.2) is 18.6 Å². The Balaban J connectivity index is 2.22.